The summed E-state index contributed by atoms with van der Waals surface area (Å²) in [6, 6.07) is 68.9. The Kier molecular flexibility index (Phi) is 7.33. The summed E-state index contributed by atoms with van der Waals surface area (Å²) in [5, 5.41) is 4.75. The molecule has 246 valence electrons. The van der Waals surface area contributed by atoms with Gasteiger partial charge < -0.3 is 14.2 Å². The van der Waals surface area contributed by atoms with E-state index in [-0.39, 0.29) is 0 Å². The first-order valence-corrected chi connectivity index (χ1v) is 18.3. The van der Waals surface area contributed by atoms with Crippen LogP contribution in [0.4, 0.5) is 34.1 Å². The Morgan fingerprint density at radius 2 is 0.942 bits per heavy atom. The quantitative estimate of drug-likeness (QED) is 0.167. The lowest BCUT2D eigenvalue weighted by molar-refractivity contribution is 0.669. The number of para-hydroxylation sites is 4. The van der Waals surface area contributed by atoms with E-state index in [1.807, 2.05) is 11.3 Å². The molecular weight excluding hydrogens is 653 g/mol. The third-order valence-corrected chi connectivity index (χ3v) is 11.0. The Labute approximate surface area is 305 Å². The first kappa shape index (κ1) is 30.2. The molecule has 0 bridgehead atoms. The van der Waals surface area contributed by atoms with Gasteiger partial charge in [-0.25, -0.2) is 0 Å². The van der Waals surface area contributed by atoms with Gasteiger partial charge in [0.25, 0.3) is 0 Å². The number of fused-ring (bicyclic) bond motifs is 6. The summed E-state index contributed by atoms with van der Waals surface area (Å²) in [6.45, 7) is 0. The van der Waals surface area contributed by atoms with Crippen molar-refractivity contribution >= 4 is 87.6 Å². The fourth-order valence-corrected chi connectivity index (χ4v) is 8.62. The van der Waals surface area contributed by atoms with Gasteiger partial charge in [-0.1, -0.05) is 121 Å². The van der Waals surface area contributed by atoms with E-state index in [2.05, 4.69) is 204 Å². The average molecular weight is 685 g/mol. The van der Waals surface area contributed by atoms with Gasteiger partial charge in [-0.05, 0) is 72.3 Å². The monoisotopic (exact) mass is 684 g/mol. The van der Waals surface area contributed by atoms with Crippen LogP contribution < -0.4 is 9.80 Å². The van der Waals surface area contributed by atoms with Crippen molar-refractivity contribution in [1.82, 2.24) is 0 Å². The molecule has 0 amide bonds. The minimum Gasteiger partial charge on any atom is -0.454 e. The van der Waals surface area contributed by atoms with Crippen LogP contribution in [0.15, 0.2) is 199 Å². The van der Waals surface area contributed by atoms with Crippen molar-refractivity contribution in [2.24, 2.45) is 0 Å². The standard InChI is InChI=1S/C48H32N2OS/c1-4-15-33(16-5-1)38-21-10-12-24-43(38)50(35-19-8-3-9-20-35)44-25-14-23-42-39-29-27-36(31-45(39)51-48(42)44)49(34-17-6-2-7-18-34)37-28-30-41-40-22-11-13-26-46(40)52-47(41)32-37/h1-32H. The number of benzene rings is 8. The van der Waals surface area contributed by atoms with Crippen LogP contribution in [0, 0.1) is 0 Å². The minimum absolute atomic E-state index is 0.841. The second-order valence-electron chi connectivity index (χ2n) is 12.9. The van der Waals surface area contributed by atoms with Crippen molar-refractivity contribution in [2.45, 2.75) is 0 Å². The molecule has 0 unspecified atom stereocenters. The summed E-state index contributed by atoms with van der Waals surface area (Å²) in [5.41, 5.74) is 10.4. The normalized spacial score (nSPS) is 11.5. The van der Waals surface area contributed by atoms with Gasteiger partial charge in [0.05, 0.1) is 11.4 Å². The maximum atomic E-state index is 6.96. The lowest BCUT2D eigenvalue weighted by Crippen LogP contribution is -2.11. The molecule has 2 aromatic heterocycles. The van der Waals surface area contributed by atoms with Crippen molar-refractivity contribution in [3.05, 3.63) is 194 Å². The molecule has 0 fully saturated rings. The van der Waals surface area contributed by atoms with E-state index < -0.39 is 0 Å². The molecule has 0 saturated carbocycles. The molecule has 0 atom stereocenters. The smallest absolute Gasteiger partial charge is 0.159 e. The van der Waals surface area contributed by atoms with Crippen molar-refractivity contribution in [3.8, 4) is 11.1 Å². The molecule has 52 heavy (non-hydrogen) atoms. The minimum atomic E-state index is 0.841. The first-order chi connectivity index (χ1) is 25.8. The third kappa shape index (κ3) is 5.12. The maximum absolute atomic E-state index is 6.96. The zero-order valence-electron chi connectivity index (χ0n) is 28.2. The van der Waals surface area contributed by atoms with E-state index >= 15 is 0 Å². The van der Waals surface area contributed by atoms with Crippen LogP contribution in [0.25, 0.3) is 53.2 Å². The number of rotatable bonds is 7. The molecule has 0 saturated heterocycles. The van der Waals surface area contributed by atoms with Crippen molar-refractivity contribution in [1.29, 1.82) is 0 Å². The Hall–Kier alpha value is -6.62. The second kappa shape index (κ2) is 12.6. The van der Waals surface area contributed by atoms with Gasteiger partial charge in [0.1, 0.15) is 5.58 Å². The number of hydrogen-bond donors (Lipinski definition) is 0. The Balaban J connectivity index is 1.15. The van der Waals surface area contributed by atoms with Crippen molar-refractivity contribution in [3.63, 3.8) is 0 Å². The molecule has 10 rings (SSSR count). The Morgan fingerprint density at radius 3 is 1.73 bits per heavy atom. The Morgan fingerprint density at radius 1 is 0.365 bits per heavy atom. The summed E-state index contributed by atoms with van der Waals surface area (Å²) in [7, 11) is 0. The molecule has 3 nitrogen and oxygen atoms in total. The number of furan rings is 1. The number of nitrogens with zero attached hydrogens (tertiary/aromatic N) is 2. The fourth-order valence-electron chi connectivity index (χ4n) is 7.48. The molecule has 0 aliphatic heterocycles. The van der Waals surface area contributed by atoms with Gasteiger partial charge in [0.15, 0.2) is 5.58 Å². The van der Waals surface area contributed by atoms with Crippen LogP contribution >= 0.6 is 11.3 Å². The van der Waals surface area contributed by atoms with Gasteiger partial charge in [0, 0.05) is 65.3 Å². The van der Waals surface area contributed by atoms with Crippen LogP contribution in [0.5, 0.6) is 0 Å². The highest BCUT2D eigenvalue weighted by molar-refractivity contribution is 7.25. The van der Waals surface area contributed by atoms with Gasteiger partial charge in [-0.2, -0.15) is 0 Å². The van der Waals surface area contributed by atoms with Crippen molar-refractivity contribution < 1.29 is 4.42 Å². The molecule has 0 radical (unpaired) electrons. The predicted octanol–water partition coefficient (Wildman–Crippen LogP) is 14.6. The predicted molar refractivity (Wildman–Crippen MR) is 221 cm³/mol. The zero-order chi connectivity index (χ0) is 34.4. The number of anilines is 6. The first-order valence-electron chi connectivity index (χ1n) is 17.5. The molecule has 0 aliphatic rings. The fraction of sp³-hybridized carbons (Fsp3) is 0. The summed E-state index contributed by atoms with van der Waals surface area (Å²) in [5.74, 6) is 0. The SMILES string of the molecule is c1ccc(-c2ccccc2N(c2ccccc2)c2cccc3c2oc2cc(N(c4ccccc4)c4ccc5c(c4)sc4ccccc45)ccc23)cc1. The molecule has 0 N–H and O–H groups in total. The number of hydrogen-bond acceptors (Lipinski definition) is 4. The summed E-state index contributed by atoms with van der Waals surface area (Å²) < 4.78 is 9.53. The molecule has 2 heterocycles. The third-order valence-electron chi connectivity index (χ3n) is 9.84. The average Bonchev–Trinajstić information content (AvgIpc) is 3.78. The lowest BCUT2D eigenvalue weighted by atomic mass is 10.0. The van der Waals surface area contributed by atoms with E-state index in [9.17, 15) is 0 Å². The van der Waals surface area contributed by atoms with E-state index in [4.69, 9.17) is 4.42 Å². The van der Waals surface area contributed by atoms with Crippen LogP contribution in [-0.4, -0.2) is 0 Å². The van der Waals surface area contributed by atoms with Crippen LogP contribution in [0.1, 0.15) is 0 Å². The topological polar surface area (TPSA) is 19.6 Å². The summed E-state index contributed by atoms with van der Waals surface area (Å²) >= 11 is 1.84. The molecular formula is C48H32N2OS. The Bertz CT molecular complexity index is 2860. The zero-order valence-corrected chi connectivity index (χ0v) is 29.0. The van der Waals surface area contributed by atoms with Gasteiger partial charge in [-0.15, -0.1) is 11.3 Å². The largest absolute Gasteiger partial charge is 0.454 e. The van der Waals surface area contributed by atoms with E-state index in [0.29, 0.717) is 0 Å². The van der Waals surface area contributed by atoms with Gasteiger partial charge >= 0.3 is 0 Å². The van der Waals surface area contributed by atoms with Gasteiger partial charge in [0.2, 0.25) is 0 Å². The van der Waals surface area contributed by atoms with E-state index in [0.717, 1.165) is 67.2 Å². The molecule has 0 spiro atoms. The van der Waals surface area contributed by atoms with Crippen LogP contribution in [-0.2, 0) is 0 Å². The van der Waals surface area contributed by atoms with Crippen LogP contribution in [0.3, 0.4) is 0 Å². The second-order valence-corrected chi connectivity index (χ2v) is 14.0. The molecule has 10 aromatic rings. The van der Waals surface area contributed by atoms with E-state index in [1.165, 1.54) is 20.2 Å². The number of thiophene rings is 1. The highest BCUT2D eigenvalue weighted by Gasteiger charge is 2.23. The molecule has 4 heteroatoms. The summed E-state index contributed by atoms with van der Waals surface area (Å²) in [4.78, 5) is 4.65. The van der Waals surface area contributed by atoms with E-state index in [1.54, 1.807) is 0 Å². The lowest BCUT2D eigenvalue weighted by Gasteiger charge is -2.27. The highest BCUT2D eigenvalue weighted by atomic mass is 32.1. The van der Waals surface area contributed by atoms with Gasteiger partial charge in [-0.3, -0.25) is 0 Å². The highest BCUT2D eigenvalue weighted by Crippen LogP contribution is 2.46. The molecule has 8 aromatic carbocycles. The maximum Gasteiger partial charge on any atom is 0.159 e. The molecule has 0 aliphatic carbocycles. The summed E-state index contributed by atoms with van der Waals surface area (Å²) in [6.07, 6.45) is 0. The van der Waals surface area contributed by atoms with Crippen LogP contribution in [0.2, 0.25) is 0 Å². The van der Waals surface area contributed by atoms with Crippen molar-refractivity contribution in [2.75, 3.05) is 9.80 Å².